The number of rotatable bonds is 3. The Bertz CT molecular complexity index is 716. The molecule has 2 aliphatic rings. The van der Waals surface area contributed by atoms with Gasteiger partial charge >= 0.3 is 0 Å². The van der Waals surface area contributed by atoms with Gasteiger partial charge in [-0.25, -0.2) is 8.42 Å². The van der Waals surface area contributed by atoms with Gasteiger partial charge in [0.15, 0.2) is 0 Å². The molecule has 2 atom stereocenters. The fraction of sp³-hybridized carbons (Fsp3) is 0.588. The number of nitrogens with one attached hydrogen (secondary N) is 1. The standard InChI is InChI=1S/C17H24N2O3S/c1-3-15-17(10-8-16(20)18-17)9-5-11-19(15)23(21,22)14-7-4-6-13(2)12-14/h4,6-7,12,15H,3,5,8-11H2,1-2H3,(H,18,20)/t15-,17-/m1/s1. The molecule has 0 aliphatic carbocycles. The summed E-state index contributed by atoms with van der Waals surface area (Å²) in [6.07, 6.45) is 3.56. The van der Waals surface area contributed by atoms with Crippen LogP contribution in [0.4, 0.5) is 0 Å². The quantitative estimate of drug-likeness (QED) is 0.920. The Balaban J connectivity index is 1.99. The summed E-state index contributed by atoms with van der Waals surface area (Å²) in [6, 6.07) is 6.87. The molecule has 2 saturated heterocycles. The second-order valence-corrected chi connectivity index (χ2v) is 8.55. The number of benzene rings is 1. The van der Waals surface area contributed by atoms with Gasteiger partial charge in [0.2, 0.25) is 15.9 Å². The number of hydrogen-bond donors (Lipinski definition) is 1. The average molecular weight is 336 g/mol. The molecule has 1 aromatic carbocycles. The molecule has 0 bridgehead atoms. The van der Waals surface area contributed by atoms with Crippen LogP contribution in [0.25, 0.3) is 0 Å². The van der Waals surface area contributed by atoms with Crippen LogP contribution in [0.3, 0.4) is 0 Å². The van der Waals surface area contributed by atoms with Crippen molar-refractivity contribution in [3.63, 3.8) is 0 Å². The number of carbonyl (C=O) groups is 1. The molecule has 1 spiro atoms. The van der Waals surface area contributed by atoms with Crippen molar-refractivity contribution in [3.05, 3.63) is 29.8 Å². The van der Waals surface area contributed by atoms with E-state index in [4.69, 9.17) is 0 Å². The highest BCUT2D eigenvalue weighted by atomic mass is 32.2. The maximum atomic E-state index is 13.1. The first-order valence-corrected chi connectivity index (χ1v) is 9.72. The fourth-order valence-electron chi connectivity index (χ4n) is 4.12. The van der Waals surface area contributed by atoms with Crippen molar-refractivity contribution in [2.45, 2.75) is 62.4 Å². The van der Waals surface area contributed by atoms with E-state index in [1.54, 1.807) is 22.5 Å². The third kappa shape index (κ3) is 2.78. The van der Waals surface area contributed by atoms with Crippen molar-refractivity contribution in [2.75, 3.05) is 6.54 Å². The highest BCUT2D eigenvalue weighted by Gasteiger charge is 2.51. The van der Waals surface area contributed by atoms with Gasteiger partial charge in [-0.1, -0.05) is 19.1 Å². The Morgan fingerprint density at radius 1 is 1.35 bits per heavy atom. The van der Waals surface area contributed by atoms with E-state index in [1.807, 2.05) is 19.9 Å². The van der Waals surface area contributed by atoms with Gasteiger partial charge < -0.3 is 5.32 Å². The van der Waals surface area contributed by atoms with Crippen molar-refractivity contribution in [3.8, 4) is 0 Å². The Morgan fingerprint density at radius 2 is 2.13 bits per heavy atom. The van der Waals surface area contributed by atoms with Crippen molar-refractivity contribution >= 4 is 15.9 Å². The van der Waals surface area contributed by atoms with Gasteiger partial charge in [0.1, 0.15) is 0 Å². The van der Waals surface area contributed by atoms with Gasteiger partial charge in [0, 0.05) is 19.0 Å². The van der Waals surface area contributed by atoms with E-state index in [1.165, 1.54) is 0 Å². The lowest BCUT2D eigenvalue weighted by atomic mass is 9.80. The van der Waals surface area contributed by atoms with Crippen molar-refractivity contribution in [1.82, 2.24) is 9.62 Å². The predicted molar refractivity (Wildman–Crippen MR) is 88.5 cm³/mol. The van der Waals surface area contributed by atoms with E-state index >= 15 is 0 Å². The molecular formula is C17H24N2O3S. The number of sulfonamides is 1. The number of nitrogens with zero attached hydrogens (tertiary/aromatic N) is 1. The van der Waals surface area contributed by atoms with E-state index < -0.39 is 10.0 Å². The highest BCUT2D eigenvalue weighted by Crippen LogP contribution is 2.39. The second-order valence-electron chi connectivity index (χ2n) is 6.66. The minimum absolute atomic E-state index is 0.0400. The molecule has 5 nitrogen and oxygen atoms in total. The summed E-state index contributed by atoms with van der Waals surface area (Å²) in [4.78, 5) is 12.1. The molecule has 1 amide bonds. The zero-order chi connectivity index (χ0) is 16.7. The maximum absolute atomic E-state index is 13.1. The van der Waals surface area contributed by atoms with Crippen LogP contribution >= 0.6 is 0 Å². The predicted octanol–water partition coefficient (Wildman–Crippen LogP) is 2.21. The van der Waals surface area contributed by atoms with E-state index in [0.717, 1.165) is 24.8 Å². The van der Waals surface area contributed by atoms with Crippen LogP contribution in [0.1, 0.15) is 44.6 Å². The monoisotopic (exact) mass is 336 g/mol. The minimum atomic E-state index is -3.54. The summed E-state index contributed by atoms with van der Waals surface area (Å²) >= 11 is 0. The number of carbonyl (C=O) groups excluding carboxylic acids is 1. The Labute approximate surface area is 138 Å². The summed E-state index contributed by atoms with van der Waals surface area (Å²) in [6.45, 7) is 4.42. The topological polar surface area (TPSA) is 66.5 Å². The van der Waals surface area contributed by atoms with Crippen LogP contribution in [-0.4, -0.2) is 36.8 Å². The molecule has 3 rings (SSSR count). The first-order valence-electron chi connectivity index (χ1n) is 8.28. The number of amides is 1. The summed E-state index contributed by atoms with van der Waals surface area (Å²) in [5.74, 6) is 0.0400. The number of hydrogen-bond acceptors (Lipinski definition) is 3. The lowest BCUT2D eigenvalue weighted by Gasteiger charge is -2.47. The zero-order valence-electron chi connectivity index (χ0n) is 13.7. The van der Waals surface area contributed by atoms with Gasteiger partial charge in [0.25, 0.3) is 0 Å². The van der Waals surface area contributed by atoms with Gasteiger partial charge in [-0.3, -0.25) is 4.79 Å². The van der Waals surface area contributed by atoms with Crippen LogP contribution < -0.4 is 5.32 Å². The van der Waals surface area contributed by atoms with E-state index in [2.05, 4.69) is 5.32 Å². The van der Waals surface area contributed by atoms with Crippen LogP contribution in [0.2, 0.25) is 0 Å². The minimum Gasteiger partial charge on any atom is -0.349 e. The molecular weight excluding hydrogens is 312 g/mol. The third-order valence-corrected chi connectivity index (χ3v) is 7.06. The van der Waals surface area contributed by atoms with Gasteiger partial charge in [-0.15, -0.1) is 0 Å². The lowest BCUT2D eigenvalue weighted by Crippen LogP contribution is -2.62. The Hall–Kier alpha value is -1.40. The van der Waals surface area contributed by atoms with Crippen molar-refractivity contribution in [1.29, 1.82) is 0 Å². The molecule has 2 fully saturated rings. The molecule has 0 unspecified atom stereocenters. The highest BCUT2D eigenvalue weighted by molar-refractivity contribution is 7.89. The summed E-state index contributed by atoms with van der Waals surface area (Å²) in [5.41, 5.74) is 0.543. The molecule has 0 radical (unpaired) electrons. The van der Waals surface area contributed by atoms with Crippen LogP contribution in [0.15, 0.2) is 29.2 Å². The van der Waals surface area contributed by atoms with Crippen LogP contribution in [0, 0.1) is 6.92 Å². The normalized spacial score (nSPS) is 29.0. The summed E-state index contributed by atoms with van der Waals surface area (Å²) in [7, 11) is -3.54. The van der Waals surface area contributed by atoms with Crippen molar-refractivity contribution < 1.29 is 13.2 Å². The first-order chi connectivity index (χ1) is 10.9. The van der Waals surface area contributed by atoms with Crippen LogP contribution in [-0.2, 0) is 14.8 Å². The zero-order valence-corrected chi connectivity index (χ0v) is 14.5. The van der Waals surface area contributed by atoms with Gasteiger partial charge in [-0.05, 0) is 50.3 Å². The SMILES string of the molecule is CC[C@H]1N(S(=O)(=O)c2cccc(C)c2)CCC[C@@]12CCC(=O)N2. The van der Waals surface area contributed by atoms with E-state index in [0.29, 0.717) is 24.3 Å². The van der Waals surface area contributed by atoms with Crippen molar-refractivity contribution in [2.24, 2.45) is 0 Å². The first kappa shape index (κ1) is 16.5. The fourth-order valence-corrected chi connectivity index (χ4v) is 6.03. The van der Waals surface area contributed by atoms with E-state index in [9.17, 15) is 13.2 Å². The molecule has 2 aliphatic heterocycles. The maximum Gasteiger partial charge on any atom is 0.243 e. The van der Waals surface area contributed by atoms with E-state index in [-0.39, 0.29) is 17.5 Å². The third-order valence-electron chi connectivity index (χ3n) is 5.16. The molecule has 6 heteroatoms. The van der Waals surface area contributed by atoms with Crippen LogP contribution in [0.5, 0.6) is 0 Å². The Morgan fingerprint density at radius 3 is 2.74 bits per heavy atom. The smallest absolute Gasteiger partial charge is 0.243 e. The number of piperidine rings is 1. The Kier molecular flexibility index (Phi) is 4.23. The average Bonchev–Trinajstić information content (AvgIpc) is 2.88. The van der Waals surface area contributed by atoms with Gasteiger partial charge in [-0.2, -0.15) is 4.31 Å². The summed E-state index contributed by atoms with van der Waals surface area (Å²) < 4.78 is 27.9. The molecule has 2 heterocycles. The lowest BCUT2D eigenvalue weighted by molar-refractivity contribution is -0.120. The molecule has 1 aromatic rings. The molecule has 23 heavy (non-hydrogen) atoms. The number of aryl methyl sites for hydroxylation is 1. The molecule has 126 valence electrons. The largest absolute Gasteiger partial charge is 0.349 e. The molecule has 0 aromatic heterocycles. The second kappa shape index (κ2) is 5.91. The molecule has 0 saturated carbocycles. The molecule has 1 N–H and O–H groups in total. The van der Waals surface area contributed by atoms with Gasteiger partial charge in [0.05, 0.1) is 10.4 Å². The summed E-state index contributed by atoms with van der Waals surface area (Å²) in [5, 5.41) is 3.09.